The minimum absolute atomic E-state index is 0.00482. The standard InChI is InChI=1S/C17H22N4O2/c1-12-19-16(23-20-12)14-8-5-9-21(11-14)17(22)15(18)10-13-6-3-2-4-7-13/h2-4,6-7,14-15H,5,8-11,18H2,1H3. The number of aryl methyl sites for hydroxylation is 1. The predicted molar refractivity (Wildman–Crippen MR) is 85.7 cm³/mol. The van der Waals surface area contributed by atoms with E-state index in [1.54, 1.807) is 6.92 Å². The van der Waals surface area contributed by atoms with Crippen LogP contribution in [0.25, 0.3) is 0 Å². The fourth-order valence-corrected chi connectivity index (χ4v) is 3.05. The van der Waals surface area contributed by atoms with E-state index in [9.17, 15) is 4.79 Å². The van der Waals surface area contributed by atoms with Gasteiger partial charge in [-0.25, -0.2) is 0 Å². The van der Waals surface area contributed by atoms with Crippen LogP contribution in [0, 0.1) is 6.92 Å². The van der Waals surface area contributed by atoms with Crippen molar-refractivity contribution in [2.75, 3.05) is 13.1 Å². The first-order valence-corrected chi connectivity index (χ1v) is 8.02. The molecule has 0 aliphatic carbocycles. The maximum absolute atomic E-state index is 12.6. The molecule has 122 valence electrons. The quantitative estimate of drug-likeness (QED) is 0.927. The van der Waals surface area contributed by atoms with E-state index in [2.05, 4.69) is 10.1 Å². The number of hydrogen-bond acceptors (Lipinski definition) is 5. The van der Waals surface area contributed by atoms with E-state index in [1.165, 1.54) is 0 Å². The molecule has 2 N–H and O–H groups in total. The summed E-state index contributed by atoms with van der Waals surface area (Å²) in [5.74, 6) is 1.36. The summed E-state index contributed by atoms with van der Waals surface area (Å²) in [5, 5.41) is 3.84. The molecule has 1 aliphatic rings. The molecule has 2 atom stereocenters. The number of benzene rings is 1. The molecule has 6 nitrogen and oxygen atoms in total. The van der Waals surface area contributed by atoms with Gasteiger partial charge in [0.2, 0.25) is 11.8 Å². The van der Waals surface area contributed by atoms with Gasteiger partial charge in [0.1, 0.15) is 0 Å². The zero-order valence-electron chi connectivity index (χ0n) is 13.3. The van der Waals surface area contributed by atoms with Gasteiger partial charge in [-0.1, -0.05) is 35.5 Å². The van der Waals surface area contributed by atoms with Crippen LogP contribution in [0.1, 0.15) is 36.0 Å². The van der Waals surface area contributed by atoms with E-state index in [1.807, 2.05) is 35.2 Å². The molecule has 1 aromatic heterocycles. The highest BCUT2D eigenvalue weighted by Gasteiger charge is 2.30. The molecule has 2 unspecified atom stereocenters. The summed E-state index contributed by atoms with van der Waals surface area (Å²) in [6.45, 7) is 3.14. The molecule has 2 heterocycles. The highest BCUT2D eigenvalue weighted by atomic mass is 16.5. The summed E-state index contributed by atoms with van der Waals surface area (Å²) in [7, 11) is 0. The second kappa shape index (κ2) is 6.91. The van der Waals surface area contributed by atoms with Crippen LogP contribution in [0.5, 0.6) is 0 Å². The maximum atomic E-state index is 12.6. The van der Waals surface area contributed by atoms with Crippen molar-refractivity contribution in [1.82, 2.24) is 15.0 Å². The molecule has 0 saturated carbocycles. The average Bonchev–Trinajstić information content (AvgIpc) is 3.02. The third-order valence-electron chi connectivity index (χ3n) is 4.24. The number of likely N-dealkylation sites (tertiary alicyclic amines) is 1. The van der Waals surface area contributed by atoms with E-state index in [0.29, 0.717) is 24.7 Å². The molecular formula is C17H22N4O2. The third kappa shape index (κ3) is 3.76. The number of amides is 1. The van der Waals surface area contributed by atoms with Crippen LogP contribution in [0.15, 0.2) is 34.9 Å². The number of carbonyl (C=O) groups excluding carboxylic acids is 1. The number of nitrogens with two attached hydrogens (primary N) is 1. The van der Waals surface area contributed by atoms with E-state index >= 15 is 0 Å². The Morgan fingerprint density at radius 2 is 2.22 bits per heavy atom. The summed E-state index contributed by atoms with van der Waals surface area (Å²) in [6, 6.07) is 9.35. The van der Waals surface area contributed by atoms with Crippen molar-refractivity contribution in [3.63, 3.8) is 0 Å². The second-order valence-electron chi connectivity index (χ2n) is 6.10. The highest BCUT2D eigenvalue weighted by Crippen LogP contribution is 2.26. The van der Waals surface area contributed by atoms with Crippen LogP contribution < -0.4 is 5.73 Å². The van der Waals surface area contributed by atoms with Gasteiger partial charge in [0.25, 0.3) is 0 Å². The minimum atomic E-state index is -0.513. The van der Waals surface area contributed by atoms with E-state index < -0.39 is 6.04 Å². The Balaban J connectivity index is 1.62. The molecule has 1 amide bonds. The van der Waals surface area contributed by atoms with Gasteiger partial charge in [0.15, 0.2) is 5.82 Å². The number of piperidine rings is 1. The summed E-state index contributed by atoms with van der Waals surface area (Å²) in [5.41, 5.74) is 7.20. The highest BCUT2D eigenvalue weighted by molar-refractivity contribution is 5.82. The molecule has 0 spiro atoms. The van der Waals surface area contributed by atoms with Gasteiger partial charge in [-0.3, -0.25) is 4.79 Å². The van der Waals surface area contributed by atoms with Crippen LogP contribution >= 0.6 is 0 Å². The molecule has 1 aromatic carbocycles. The fraction of sp³-hybridized carbons (Fsp3) is 0.471. The van der Waals surface area contributed by atoms with E-state index in [4.69, 9.17) is 10.3 Å². The first-order chi connectivity index (χ1) is 11.1. The number of aromatic nitrogens is 2. The van der Waals surface area contributed by atoms with E-state index in [-0.39, 0.29) is 11.8 Å². The first-order valence-electron chi connectivity index (χ1n) is 8.02. The lowest BCUT2D eigenvalue weighted by molar-refractivity contribution is -0.133. The summed E-state index contributed by atoms with van der Waals surface area (Å²) < 4.78 is 5.26. The molecule has 0 radical (unpaired) electrons. The van der Waals surface area contributed by atoms with Gasteiger partial charge in [-0.2, -0.15) is 4.98 Å². The number of carbonyl (C=O) groups is 1. The Hall–Kier alpha value is -2.21. The Morgan fingerprint density at radius 3 is 2.91 bits per heavy atom. The third-order valence-corrected chi connectivity index (χ3v) is 4.24. The zero-order valence-corrected chi connectivity index (χ0v) is 13.3. The van der Waals surface area contributed by atoms with Gasteiger partial charge >= 0.3 is 0 Å². The Morgan fingerprint density at radius 1 is 1.43 bits per heavy atom. The molecular weight excluding hydrogens is 292 g/mol. The predicted octanol–water partition coefficient (Wildman–Crippen LogP) is 1.65. The van der Waals surface area contributed by atoms with Crippen molar-refractivity contribution in [3.8, 4) is 0 Å². The molecule has 3 rings (SSSR count). The minimum Gasteiger partial charge on any atom is -0.341 e. The van der Waals surface area contributed by atoms with Crippen LogP contribution in [-0.2, 0) is 11.2 Å². The van der Waals surface area contributed by atoms with Gasteiger partial charge in [-0.05, 0) is 31.7 Å². The van der Waals surface area contributed by atoms with E-state index in [0.717, 1.165) is 24.9 Å². The van der Waals surface area contributed by atoms with Gasteiger partial charge in [0, 0.05) is 13.1 Å². The van der Waals surface area contributed by atoms with Crippen molar-refractivity contribution < 1.29 is 9.32 Å². The van der Waals surface area contributed by atoms with Crippen LogP contribution in [0.3, 0.4) is 0 Å². The van der Waals surface area contributed by atoms with Gasteiger partial charge < -0.3 is 15.2 Å². The van der Waals surface area contributed by atoms with Crippen molar-refractivity contribution in [1.29, 1.82) is 0 Å². The topological polar surface area (TPSA) is 85.2 Å². The lowest BCUT2D eigenvalue weighted by Gasteiger charge is -2.32. The molecule has 23 heavy (non-hydrogen) atoms. The monoisotopic (exact) mass is 314 g/mol. The Kier molecular flexibility index (Phi) is 4.71. The summed E-state index contributed by atoms with van der Waals surface area (Å²) in [4.78, 5) is 18.7. The van der Waals surface area contributed by atoms with Crippen molar-refractivity contribution >= 4 is 5.91 Å². The lowest BCUT2D eigenvalue weighted by Crippen LogP contribution is -2.48. The summed E-state index contributed by atoms with van der Waals surface area (Å²) >= 11 is 0. The molecule has 1 fully saturated rings. The van der Waals surface area contributed by atoms with Gasteiger partial charge in [-0.15, -0.1) is 0 Å². The summed E-state index contributed by atoms with van der Waals surface area (Å²) in [6.07, 6.45) is 2.44. The van der Waals surface area contributed by atoms with Crippen molar-refractivity contribution in [3.05, 3.63) is 47.6 Å². The molecule has 6 heteroatoms. The SMILES string of the molecule is Cc1noc(C2CCCN(C(=O)C(N)Cc3ccccc3)C2)n1. The molecule has 1 aliphatic heterocycles. The van der Waals surface area contributed by atoms with Gasteiger partial charge in [0.05, 0.1) is 12.0 Å². The fourth-order valence-electron chi connectivity index (χ4n) is 3.05. The molecule has 0 bridgehead atoms. The lowest BCUT2D eigenvalue weighted by atomic mass is 9.96. The molecule has 2 aromatic rings. The van der Waals surface area contributed by atoms with Crippen molar-refractivity contribution in [2.24, 2.45) is 5.73 Å². The Bertz CT molecular complexity index is 656. The second-order valence-corrected chi connectivity index (χ2v) is 6.10. The zero-order chi connectivity index (χ0) is 16.2. The van der Waals surface area contributed by atoms with Crippen LogP contribution in [-0.4, -0.2) is 40.1 Å². The van der Waals surface area contributed by atoms with Crippen molar-refractivity contribution in [2.45, 2.75) is 38.1 Å². The largest absolute Gasteiger partial charge is 0.341 e. The number of rotatable bonds is 4. The average molecular weight is 314 g/mol. The number of nitrogens with zero attached hydrogens (tertiary/aromatic N) is 3. The smallest absolute Gasteiger partial charge is 0.239 e. The number of hydrogen-bond donors (Lipinski definition) is 1. The molecule has 1 saturated heterocycles. The Labute approximate surface area is 135 Å². The van der Waals surface area contributed by atoms with Crippen LogP contribution in [0.2, 0.25) is 0 Å². The maximum Gasteiger partial charge on any atom is 0.239 e. The first kappa shape index (κ1) is 15.7. The van der Waals surface area contributed by atoms with Crippen LogP contribution in [0.4, 0.5) is 0 Å². The normalized spacial score (nSPS) is 19.6.